The summed E-state index contributed by atoms with van der Waals surface area (Å²) in [7, 11) is -1.68. The molecule has 30 heavy (non-hydrogen) atoms. The van der Waals surface area contributed by atoms with Crippen molar-refractivity contribution in [3.05, 3.63) is 64.7 Å². The van der Waals surface area contributed by atoms with Crippen molar-refractivity contribution < 1.29 is 18.1 Å². The summed E-state index contributed by atoms with van der Waals surface area (Å²) in [6.07, 6.45) is 0. The number of benzene rings is 2. The number of carbonyl (C=O) groups is 1. The fraction of sp³-hybridized carbons (Fsp3) is 0.435. The molecule has 7 heteroatoms. The van der Waals surface area contributed by atoms with Crippen LogP contribution in [-0.4, -0.2) is 63.3 Å². The van der Waals surface area contributed by atoms with Gasteiger partial charge in [0.05, 0.1) is 31.1 Å². The monoisotopic (exact) mass is 430 g/mol. The Bertz CT molecular complexity index is 995. The molecule has 162 valence electrons. The van der Waals surface area contributed by atoms with E-state index in [-0.39, 0.29) is 5.91 Å². The van der Waals surface area contributed by atoms with E-state index in [2.05, 4.69) is 0 Å². The number of nitrogens with one attached hydrogen (secondary N) is 1. The van der Waals surface area contributed by atoms with Gasteiger partial charge in [-0.1, -0.05) is 47.5 Å². The molecule has 1 heterocycles. The zero-order valence-electron chi connectivity index (χ0n) is 18.3. The van der Waals surface area contributed by atoms with Gasteiger partial charge in [0, 0.05) is 13.6 Å². The van der Waals surface area contributed by atoms with Gasteiger partial charge in [0.15, 0.2) is 6.54 Å². The number of sulfonamides is 1. The maximum absolute atomic E-state index is 13.0. The van der Waals surface area contributed by atoms with Crippen molar-refractivity contribution in [2.24, 2.45) is 0 Å². The third-order valence-corrected chi connectivity index (χ3v) is 7.80. The number of quaternary nitrogens is 1. The Labute approximate surface area is 180 Å². The van der Waals surface area contributed by atoms with Gasteiger partial charge in [-0.15, -0.1) is 0 Å². The van der Waals surface area contributed by atoms with Gasteiger partial charge in [-0.25, -0.2) is 8.42 Å². The molecule has 1 amide bonds. The molecule has 0 aromatic heterocycles. The summed E-state index contributed by atoms with van der Waals surface area (Å²) < 4.78 is 27.6. The first-order valence-electron chi connectivity index (χ1n) is 10.4. The Balaban J connectivity index is 1.54. The topological polar surface area (TPSA) is 62.1 Å². The van der Waals surface area contributed by atoms with Gasteiger partial charge < -0.3 is 9.80 Å². The normalized spacial score (nSPS) is 15.9. The molecule has 2 aromatic carbocycles. The van der Waals surface area contributed by atoms with Crippen LogP contribution < -0.4 is 4.90 Å². The minimum Gasteiger partial charge on any atom is -0.337 e. The van der Waals surface area contributed by atoms with Crippen molar-refractivity contribution in [2.75, 3.05) is 39.8 Å². The molecule has 2 aromatic rings. The molecule has 0 atom stereocenters. The number of hydrogen-bond donors (Lipinski definition) is 1. The number of carbonyl (C=O) groups excluding carboxylic acids is 1. The zero-order chi connectivity index (χ0) is 21.9. The molecule has 1 saturated heterocycles. The second-order valence-corrected chi connectivity index (χ2v) is 10.2. The van der Waals surface area contributed by atoms with Crippen molar-refractivity contribution in [3.63, 3.8) is 0 Å². The maximum Gasteiger partial charge on any atom is 0.277 e. The van der Waals surface area contributed by atoms with Crippen molar-refractivity contribution in [2.45, 2.75) is 32.2 Å². The van der Waals surface area contributed by atoms with Crippen LogP contribution in [0, 0.1) is 20.8 Å². The highest BCUT2D eigenvalue weighted by molar-refractivity contribution is 7.89. The quantitative estimate of drug-likeness (QED) is 0.748. The molecule has 0 saturated carbocycles. The fourth-order valence-corrected chi connectivity index (χ4v) is 5.50. The Hall–Kier alpha value is -2.22. The lowest BCUT2D eigenvalue weighted by molar-refractivity contribution is -0.896. The van der Waals surface area contributed by atoms with Crippen LogP contribution in [-0.2, 0) is 21.4 Å². The van der Waals surface area contributed by atoms with Crippen LogP contribution >= 0.6 is 0 Å². The van der Waals surface area contributed by atoms with Gasteiger partial charge in [0.1, 0.15) is 0 Å². The average molecular weight is 431 g/mol. The first-order chi connectivity index (χ1) is 14.2. The number of piperazine rings is 1. The lowest BCUT2D eigenvalue weighted by Crippen LogP contribution is -3.15. The molecular weight excluding hydrogens is 398 g/mol. The van der Waals surface area contributed by atoms with Crippen molar-refractivity contribution in [1.29, 1.82) is 0 Å². The van der Waals surface area contributed by atoms with E-state index in [1.54, 1.807) is 15.3 Å². The number of amides is 1. The van der Waals surface area contributed by atoms with E-state index in [4.69, 9.17) is 0 Å². The van der Waals surface area contributed by atoms with Crippen LogP contribution in [0.3, 0.4) is 0 Å². The predicted molar refractivity (Wildman–Crippen MR) is 118 cm³/mol. The fourth-order valence-electron chi connectivity index (χ4n) is 3.85. The van der Waals surface area contributed by atoms with Gasteiger partial charge in [-0.05, 0) is 38.0 Å². The SMILES string of the molecule is Cc1ccc(CN(C)C(=O)C[NH+]2CCN(S(=O)(=O)c3ccc(C)cc3C)CC2)cc1. The van der Waals surface area contributed by atoms with E-state index in [1.807, 2.05) is 64.2 Å². The number of rotatable bonds is 6. The molecule has 3 rings (SSSR count). The van der Waals surface area contributed by atoms with Gasteiger partial charge in [-0.2, -0.15) is 4.31 Å². The van der Waals surface area contributed by atoms with E-state index in [0.29, 0.717) is 44.2 Å². The van der Waals surface area contributed by atoms with E-state index in [9.17, 15) is 13.2 Å². The first kappa shape index (κ1) is 22.5. The van der Waals surface area contributed by atoms with Crippen molar-refractivity contribution in [1.82, 2.24) is 9.21 Å². The second-order valence-electron chi connectivity index (χ2n) is 8.34. The average Bonchev–Trinajstić information content (AvgIpc) is 2.69. The third-order valence-electron chi connectivity index (χ3n) is 5.75. The number of nitrogens with zero attached hydrogens (tertiary/aromatic N) is 2. The molecule has 0 radical (unpaired) electrons. The summed E-state index contributed by atoms with van der Waals surface area (Å²) in [5.41, 5.74) is 4.13. The van der Waals surface area contributed by atoms with Gasteiger partial charge in [0.2, 0.25) is 10.0 Å². The van der Waals surface area contributed by atoms with E-state index in [1.165, 1.54) is 5.56 Å². The summed E-state index contributed by atoms with van der Waals surface area (Å²) >= 11 is 0. The summed E-state index contributed by atoms with van der Waals surface area (Å²) in [6, 6.07) is 13.6. The second kappa shape index (κ2) is 9.29. The highest BCUT2D eigenvalue weighted by Crippen LogP contribution is 2.20. The number of aryl methyl sites for hydroxylation is 3. The molecule has 6 nitrogen and oxygen atoms in total. The molecule has 0 unspecified atom stereocenters. The number of hydrogen-bond acceptors (Lipinski definition) is 3. The van der Waals surface area contributed by atoms with E-state index in [0.717, 1.165) is 21.6 Å². The molecule has 0 spiro atoms. The summed E-state index contributed by atoms with van der Waals surface area (Å²) in [5.74, 6) is 0.0799. The predicted octanol–water partition coefficient (Wildman–Crippen LogP) is 1.16. The molecule has 0 bridgehead atoms. The lowest BCUT2D eigenvalue weighted by Gasteiger charge is -2.32. The van der Waals surface area contributed by atoms with Crippen LogP contribution in [0.2, 0.25) is 0 Å². The standard InChI is InChI=1S/C23H31N3O3S/c1-18-5-8-21(9-6-18)16-24(4)23(27)17-25-11-13-26(14-12-25)30(28,29)22-10-7-19(2)15-20(22)3/h5-10,15H,11-14,16-17H2,1-4H3/p+1. The van der Waals surface area contributed by atoms with Crippen LogP contribution in [0.25, 0.3) is 0 Å². The van der Waals surface area contributed by atoms with Crippen LogP contribution in [0.5, 0.6) is 0 Å². The number of likely N-dealkylation sites (N-methyl/N-ethyl adjacent to an activating group) is 1. The van der Waals surface area contributed by atoms with Crippen LogP contribution in [0.15, 0.2) is 47.4 Å². The molecule has 1 aliphatic heterocycles. The highest BCUT2D eigenvalue weighted by Gasteiger charge is 2.32. The molecular formula is C23H32N3O3S+. The minimum absolute atomic E-state index is 0.0799. The highest BCUT2D eigenvalue weighted by atomic mass is 32.2. The zero-order valence-corrected chi connectivity index (χ0v) is 19.1. The molecule has 1 aliphatic rings. The van der Waals surface area contributed by atoms with E-state index < -0.39 is 10.0 Å². The third kappa shape index (κ3) is 5.28. The Morgan fingerprint density at radius 1 is 1.00 bits per heavy atom. The smallest absolute Gasteiger partial charge is 0.277 e. The lowest BCUT2D eigenvalue weighted by atomic mass is 10.1. The Kier molecular flexibility index (Phi) is 6.95. The largest absolute Gasteiger partial charge is 0.337 e. The summed E-state index contributed by atoms with van der Waals surface area (Å²) in [6.45, 7) is 8.94. The Morgan fingerprint density at radius 3 is 2.20 bits per heavy atom. The van der Waals surface area contributed by atoms with E-state index >= 15 is 0 Å². The van der Waals surface area contributed by atoms with Gasteiger partial charge in [-0.3, -0.25) is 4.79 Å². The van der Waals surface area contributed by atoms with Gasteiger partial charge in [0.25, 0.3) is 5.91 Å². The minimum atomic E-state index is -3.50. The molecule has 1 fully saturated rings. The van der Waals surface area contributed by atoms with Crippen LogP contribution in [0.4, 0.5) is 0 Å². The summed E-state index contributed by atoms with van der Waals surface area (Å²) in [4.78, 5) is 15.9. The Morgan fingerprint density at radius 2 is 1.60 bits per heavy atom. The molecule has 0 aliphatic carbocycles. The summed E-state index contributed by atoms with van der Waals surface area (Å²) in [5, 5.41) is 0. The molecule has 1 N–H and O–H groups in total. The maximum atomic E-state index is 13.0. The van der Waals surface area contributed by atoms with Gasteiger partial charge >= 0.3 is 0 Å². The van der Waals surface area contributed by atoms with Crippen molar-refractivity contribution >= 4 is 15.9 Å². The first-order valence-corrected chi connectivity index (χ1v) is 11.8. The van der Waals surface area contributed by atoms with Crippen LogP contribution in [0.1, 0.15) is 22.3 Å². The van der Waals surface area contributed by atoms with Crippen molar-refractivity contribution in [3.8, 4) is 0 Å².